The van der Waals surface area contributed by atoms with Crippen LogP contribution in [0.3, 0.4) is 0 Å². The number of fused-ring (bicyclic) bond motifs is 1. The summed E-state index contributed by atoms with van der Waals surface area (Å²) in [6.45, 7) is 1.68. The maximum absolute atomic E-state index is 14.1. The summed E-state index contributed by atoms with van der Waals surface area (Å²) in [5, 5.41) is 11.5. The number of ether oxygens (including phenoxy) is 3. The number of aromatic nitrogens is 3. The zero-order chi connectivity index (χ0) is 28.1. The molecule has 0 saturated carbocycles. The van der Waals surface area contributed by atoms with Gasteiger partial charge in [0.1, 0.15) is 18.2 Å². The number of nitrogens with zero attached hydrogens (tertiary/aromatic N) is 3. The number of methoxy groups -OCH3 is 1. The zero-order valence-corrected chi connectivity index (χ0v) is 22.5. The first-order chi connectivity index (χ1) is 19.4. The number of rotatable bonds is 11. The monoisotopic (exact) mass is 563 g/mol. The Morgan fingerprint density at radius 2 is 2.10 bits per heavy atom. The smallest absolute Gasteiger partial charge is 0.337 e. The van der Waals surface area contributed by atoms with Crippen molar-refractivity contribution in [1.82, 2.24) is 19.9 Å². The molecule has 0 aliphatic carbocycles. The summed E-state index contributed by atoms with van der Waals surface area (Å²) in [6, 6.07) is 14.8. The maximum atomic E-state index is 14.1. The number of imidazole rings is 1. The van der Waals surface area contributed by atoms with E-state index in [1.54, 1.807) is 54.7 Å². The molecule has 1 saturated heterocycles. The van der Waals surface area contributed by atoms with Gasteiger partial charge < -0.3 is 29.5 Å². The third-order valence-corrected chi connectivity index (χ3v) is 6.75. The standard InChI is InChI=1S/C29H27ClFN5O4/c1-38-29(37)18-6-8-25-26(11-18)36(16-22-9-10-39-22)27(34-25)15-33-14-20(13-32)24-3-2-4-28(35-24)40-17-19-5-7-21(30)12-23(19)31/h2-8,11-14,22,32-33H,9-10,15-17H2,1H3/b20-14+,32-13?/t22-/m0/s1. The number of carbonyl (C=O) groups excluding carboxylic acids is 1. The van der Waals surface area contributed by atoms with E-state index in [1.165, 1.54) is 19.4 Å². The molecule has 1 fully saturated rings. The fourth-order valence-corrected chi connectivity index (χ4v) is 4.44. The van der Waals surface area contributed by atoms with E-state index < -0.39 is 11.8 Å². The molecule has 4 aromatic rings. The minimum Gasteiger partial charge on any atom is -0.473 e. The second-order valence-corrected chi connectivity index (χ2v) is 9.56. The van der Waals surface area contributed by atoms with Crippen LogP contribution in [0.15, 0.2) is 60.8 Å². The topological polar surface area (TPSA) is 111 Å². The highest BCUT2D eigenvalue weighted by molar-refractivity contribution is 6.30. The van der Waals surface area contributed by atoms with Crippen LogP contribution in [0.5, 0.6) is 5.88 Å². The Morgan fingerprint density at radius 1 is 1.25 bits per heavy atom. The summed E-state index contributed by atoms with van der Waals surface area (Å²) in [5.41, 5.74) is 3.40. The normalized spacial score (nSPS) is 15.0. The van der Waals surface area contributed by atoms with Crippen LogP contribution in [-0.4, -0.2) is 46.5 Å². The van der Waals surface area contributed by atoms with Crippen molar-refractivity contribution in [2.24, 2.45) is 0 Å². The molecule has 3 heterocycles. The van der Waals surface area contributed by atoms with E-state index in [2.05, 4.69) is 10.3 Å². The van der Waals surface area contributed by atoms with Gasteiger partial charge in [0.15, 0.2) is 0 Å². The van der Waals surface area contributed by atoms with Crippen molar-refractivity contribution in [1.29, 1.82) is 5.41 Å². The fraction of sp³-hybridized carbons (Fsp3) is 0.241. The Labute approximate surface area is 235 Å². The summed E-state index contributed by atoms with van der Waals surface area (Å²) in [5.74, 6) is 0.181. The molecule has 40 heavy (non-hydrogen) atoms. The van der Waals surface area contributed by atoms with Gasteiger partial charge in [0, 0.05) is 41.2 Å². The first-order valence-electron chi connectivity index (χ1n) is 12.6. The molecule has 0 bridgehead atoms. The molecule has 2 aromatic carbocycles. The molecule has 1 aliphatic heterocycles. The highest BCUT2D eigenvalue weighted by Gasteiger charge is 2.22. The number of hydrogen-bond donors (Lipinski definition) is 2. The van der Waals surface area contributed by atoms with E-state index in [0.717, 1.165) is 29.9 Å². The lowest BCUT2D eigenvalue weighted by Crippen LogP contribution is -2.32. The molecule has 1 aliphatic rings. The van der Waals surface area contributed by atoms with Gasteiger partial charge in [-0.25, -0.2) is 19.2 Å². The second kappa shape index (κ2) is 12.3. The average molecular weight is 564 g/mol. The van der Waals surface area contributed by atoms with Crippen LogP contribution in [0.25, 0.3) is 16.6 Å². The van der Waals surface area contributed by atoms with Gasteiger partial charge in [-0.3, -0.25) is 0 Å². The lowest BCUT2D eigenvalue weighted by Gasteiger charge is -2.27. The van der Waals surface area contributed by atoms with Crippen molar-refractivity contribution in [2.75, 3.05) is 13.7 Å². The van der Waals surface area contributed by atoms with Gasteiger partial charge in [-0.05, 0) is 42.8 Å². The van der Waals surface area contributed by atoms with E-state index in [9.17, 15) is 9.18 Å². The summed E-state index contributed by atoms with van der Waals surface area (Å²) in [6.07, 6.45) is 3.90. The van der Waals surface area contributed by atoms with E-state index >= 15 is 0 Å². The molecule has 11 heteroatoms. The number of esters is 1. The molecule has 5 rings (SSSR count). The fourth-order valence-electron chi connectivity index (χ4n) is 4.28. The minimum atomic E-state index is -0.454. The maximum Gasteiger partial charge on any atom is 0.337 e. The third-order valence-electron chi connectivity index (χ3n) is 6.51. The molecule has 0 radical (unpaired) electrons. The Morgan fingerprint density at radius 3 is 2.83 bits per heavy atom. The zero-order valence-electron chi connectivity index (χ0n) is 21.7. The number of nitrogens with one attached hydrogen (secondary N) is 2. The number of pyridine rings is 1. The summed E-state index contributed by atoms with van der Waals surface area (Å²) in [7, 11) is 1.35. The molecular formula is C29H27ClFN5O4. The first kappa shape index (κ1) is 27.3. The number of allylic oxidation sites excluding steroid dienone is 1. The van der Waals surface area contributed by atoms with Crippen molar-refractivity contribution < 1.29 is 23.4 Å². The lowest BCUT2D eigenvalue weighted by molar-refractivity contribution is -0.0590. The molecule has 9 nitrogen and oxygen atoms in total. The Kier molecular flexibility index (Phi) is 8.37. The van der Waals surface area contributed by atoms with Crippen molar-refractivity contribution >= 4 is 40.4 Å². The second-order valence-electron chi connectivity index (χ2n) is 9.13. The van der Waals surface area contributed by atoms with Gasteiger partial charge in [-0.15, -0.1) is 0 Å². The van der Waals surface area contributed by atoms with E-state index in [4.69, 9.17) is 36.2 Å². The van der Waals surface area contributed by atoms with Gasteiger partial charge in [0.25, 0.3) is 0 Å². The van der Waals surface area contributed by atoms with Crippen molar-refractivity contribution in [3.05, 3.63) is 94.3 Å². The van der Waals surface area contributed by atoms with Crippen LogP contribution in [0.2, 0.25) is 5.02 Å². The Balaban J connectivity index is 1.32. The van der Waals surface area contributed by atoms with Gasteiger partial charge in [0.2, 0.25) is 5.88 Å². The largest absolute Gasteiger partial charge is 0.473 e. The van der Waals surface area contributed by atoms with Crippen LogP contribution >= 0.6 is 11.6 Å². The van der Waals surface area contributed by atoms with Crippen LogP contribution in [0, 0.1) is 11.2 Å². The molecule has 2 aromatic heterocycles. The van der Waals surface area contributed by atoms with E-state index in [-0.39, 0.29) is 12.7 Å². The SMILES string of the molecule is COC(=O)c1ccc2nc(CN/C=C(\C=N)c3cccc(OCc4ccc(Cl)cc4F)n3)n(C[C@@H]3CCO3)c2c1. The minimum absolute atomic E-state index is 0.0139. The molecule has 1 atom stereocenters. The van der Waals surface area contributed by atoms with Crippen LogP contribution in [-0.2, 0) is 29.2 Å². The predicted molar refractivity (Wildman–Crippen MR) is 149 cm³/mol. The van der Waals surface area contributed by atoms with Crippen LogP contribution < -0.4 is 10.1 Å². The number of benzene rings is 2. The Bertz CT molecular complexity index is 1580. The third kappa shape index (κ3) is 6.13. The van der Waals surface area contributed by atoms with Gasteiger partial charge in [-0.2, -0.15) is 0 Å². The average Bonchev–Trinajstić information content (AvgIpc) is 3.28. The molecule has 0 spiro atoms. The Hall–Kier alpha value is -4.28. The highest BCUT2D eigenvalue weighted by atomic mass is 35.5. The van der Waals surface area contributed by atoms with Crippen LogP contribution in [0.4, 0.5) is 4.39 Å². The van der Waals surface area contributed by atoms with Crippen molar-refractivity contribution in [2.45, 2.75) is 32.2 Å². The number of halogens is 2. The summed E-state index contributed by atoms with van der Waals surface area (Å²) < 4.78 is 32.3. The molecule has 206 valence electrons. The van der Waals surface area contributed by atoms with E-state index in [1.807, 2.05) is 4.57 Å². The predicted octanol–water partition coefficient (Wildman–Crippen LogP) is 5.16. The van der Waals surface area contributed by atoms with E-state index in [0.29, 0.717) is 46.4 Å². The summed E-state index contributed by atoms with van der Waals surface area (Å²) >= 11 is 5.82. The molecule has 2 N–H and O–H groups in total. The van der Waals surface area contributed by atoms with Gasteiger partial charge in [0.05, 0.1) is 48.6 Å². The van der Waals surface area contributed by atoms with Crippen LogP contribution in [0.1, 0.15) is 33.9 Å². The van der Waals surface area contributed by atoms with Crippen molar-refractivity contribution in [3.63, 3.8) is 0 Å². The van der Waals surface area contributed by atoms with Crippen molar-refractivity contribution in [3.8, 4) is 5.88 Å². The number of carbonyl (C=O) groups is 1. The summed E-state index contributed by atoms with van der Waals surface area (Å²) in [4.78, 5) is 21.3. The number of hydrogen-bond acceptors (Lipinski definition) is 8. The lowest BCUT2D eigenvalue weighted by atomic mass is 10.1. The van der Waals surface area contributed by atoms with Gasteiger partial charge >= 0.3 is 5.97 Å². The molecule has 0 amide bonds. The first-order valence-corrected chi connectivity index (χ1v) is 13.0. The highest BCUT2D eigenvalue weighted by Crippen LogP contribution is 2.23. The molecular weight excluding hydrogens is 537 g/mol. The quantitative estimate of drug-likeness (QED) is 0.191. The molecule has 0 unspecified atom stereocenters. The van der Waals surface area contributed by atoms with Gasteiger partial charge in [-0.1, -0.05) is 23.7 Å².